The Morgan fingerprint density at radius 2 is 1.89 bits per heavy atom. The van der Waals surface area contributed by atoms with Crippen LogP contribution >= 0.6 is 23.4 Å². The number of rotatable bonds is 4. The topological polar surface area (TPSA) is 29.0 Å². The van der Waals surface area contributed by atoms with Gasteiger partial charge in [-0.1, -0.05) is 35.5 Å². The third-order valence-corrected chi connectivity index (χ3v) is 3.81. The van der Waals surface area contributed by atoms with E-state index >= 15 is 0 Å². The van der Waals surface area contributed by atoms with Crippen molar-refractivity contribution in [1.29, 1.82) is 0 Å². The smallest absolute Gasteiger partial charge is 0.189 e. The van der Waals surface area contributed by atoms with Gasteiger partial charge in [0.2, 0.25) is 0 Å². The lowest BCUT2D eigenvalue weighted by molar-refractivity contribution is 0.911. The number of anilines is 1. The van der Waals surface area contributed by atoms with Crippen LogP contribution in [0.25, 0.3) is 0 Å². The Labute approximate surface area is 123 Å². The molecule has 0 aliphatic rings. The summed E-state index contributed by atoms with van der Waals surface area (Å²) in [6.45, 7) is 2.02. The van der Waals surface area contributed by atoms with Gasteiger partial charge in [-0.2, -0.15) is 0 Å². The summed E-state index contributed by atoms with van der Waals surface area (Å²) in [6, 6.07) is 7.85. The average Bonchev–Trinajstić information content (AvgIpc) is 2.39. The summed E-state index contributed by atoms with van der Waals surface area (Å²) in [4.78, 5) is 10.9. The summed E-state index contributed by atoms with van der Waals surface area (Å²) >= 11 is 7.49. The first kappa shape index (κ1) is 14.2. The largest absolute Gasteiger partial charge is 0.362 e. The SMILES string of the molecule is Cc1cnc(SCc2ccc(Cl)cc2)nc1N(C)C. The van der Waals surface area contributed by atoms with Crippen LogP contribution in [0, 0.1) is 6.92 Å². The van der Waals surface area contributed by atoms with Crippen molar-refractivity contribution in [1.82, 2.24) is 9.97 Å². The maximum Gasteiger partial charge on any atom is 0.189 e. The van der Waals surface area contributed by atoms with Gasteiger partial charge in [-0.25, -0.2) is 9.97 Å². The van der Waals surface area contributed by atoms with Crippen LogP contribution in [0.5, 0.6) is 0 Å². The minimum Gasteiger partial charge on any atom is -0.362 e. The number of nitrogens with zero attached hydrogens (tertiary/aromatic N) is 3. The number of aryl methyl sites for hydroxylation is 1. The molecule has 0 amide bonds. The highest BCUT2D eigenvalue weighted by Gasteiger charge is 2.06. The number of hydrogen-bond acceptors (Lipinski definition) is 4. The summed E-state index contributed by atoms with van der Waals surface area (Å²) in [6.07, 6.45) is 1.87. The molecule has 19 heavy (non-hydrogen) atoms. The first-order valence-corrected chi connectivity index (χ1v) is 7.31. The normalized spacial score (nSPS) is 10.5. The van der Waals surface area contributed by atoms with Gasteiger partial charge in [0.15, 0.2) is 5.16 Å². The average molecular weight is 294 g/mol. The van der Waals surface area contributed by atoms with Crippen molar-refractivity contribution in [3.05, 3.63) is 46.6 Å². The van der Waals surface area contributed by atoms with Gasteiger partial charge in [-0.3, -0.25) is 0 Å². The van der Waals surface area contributed by atoms with Crippen LogP contribution in [0.4, 0.5) is 5.82 Å². The predicted molar refractivity (Wildman–Crippen MR) is 82.1 cm³/mol. The Morgan fingerprint density at radius 3 is 2.53 bits per heavy atom. The van der Waals surface area contributed by atoms with E-state index in [4.69, 9.17) is 11.6 Å². The Hall–Kier alpha value is -1.26. The zero-order chi connectivity index (χ0) is 13.8. The van der Waals surface area contributed by atoms with E-state index in [0.717, 1.165) is 27.3 Å². The Kier molecular flexibility index (Phi) is 4.66. The molecule has 1 aromatic heterocycles. The van der Waals surface area contributed by atoms with E-state index in [1.54, 1.807) is 11.8 Å². The fourth-order valence-electron chi connectivity index (χ4n) is 1.67. The molecule has 0 spiro atoms. The molecule has 1 aromatic carbocycles. The van der Waals surface area contributed by atoms with Gasteiger partial charge in [0.25, 0.3) is 0 Å². The second-order valence-corrected chi connectivity index (χ2v) is 5.85. The van der Waals surface area contributed by atoms with E-state index in [0.29, 0.717) is 0 Å². The first-order valence-electron chi connectivity index (χ1n) is 5.94. The van der Waals surface area contributed by atoms with Crippen LogP contribution in [0.15, 0.2) is 35.6 Å². The molecule has 0 aliphatic heterocycles. The number of halogens is 1. The maximum atomic E-state index is 5.86. The van der Waals surface area contributed by atoms with Gasteiger partial charge in [0.05, 0.1) is 0 Å². The summed E-state index contributed by atoms with van der Waals surface area (Å²) in [7, 11) is 3.98. The molecule has 0 atom stereocenters. The van der Waals surface area contributed by atoms with Crippen molar-refractivity contribution >= 4 is 29.2 Å². The molecule has 0 bridgehead atoms. The molecule has 100 valence electrons. The lowest BCUT2D eigenvalue weighted by Gasteiger charge is -2.14. The zero-order valence-electron chi connectivity index (χ0n) is 11.2. The van der Waals surface area contributed by atoms with E-state index in [9.17, 15) is 0 Å². The van der Waals surface area contributed by atoms with Crippen molar-refractivity contribution < 1.29 is 0 Å². The molecule has 2 aromatic rings. The van der Waals surface area contributed by atoms with Gasteiger partial charge in [-0.05, 0) is 24.6 Å². The van der Waals surface area contributed by atoms with Gasteiger partial charge >= 0.3 is 0 Å². The number of aromatic nitrogens is 2. The zero-order valence-corrected chi connectivity index (χ0v) is 12.8. The van der Waals surface area contributed by atoms with Crippen LogP contribution in [0.3, 0.4) is 0 Å². The summed E-state index contributed by atoms with van der Waals surface area (Å²) < 4.78 is 0. The molecule has 0 fully saturated rings. The summed E-state index contributed by atoms with van der Waals surface area (Å²) in [5, 5.41) is 1.56. The lowest BCUT2D eigenvalue weighted by Crippen LogP contribution is -2.13. The molecule has 0 N–H and O–H groups in total. The molecule has 0 saturated carbocycles. The second-order valence-electron chi connectivity index (χ2n) is 4.47. The number of hydrogen-bond donors (Lipinski definition) is 0. The van der Waals surface area contributed by atoms with E-state index in [1.165, 1.54) is 5.56 Å². The highest BCUT2D eigenvalue weighted by atomic mass is 35.5. The fourth-order valence-corrected chi connectivity index (χ4v) is 2.56. The van der Waals surface area contributed by atoms with Crippen molar-refractivity contribution in [3.8, 4) is 0 Å². The van der Waals surface area contributed by atoms with Crippen LogP contribution < -0.4 is 4.90 Å². The van der Waals surface area contributed by atoms with E-state index < -0.39 is 0 Å². The molecule has 5 heteroatoms. The lowest BCUT2D eigenvalue weighted by atomic mass is 10.2. The Balaban J connectivity index is 2.07. The van der Waals surface area contributed by atoms with Crippen LogP contribution in [-0.2, 0) is 5.75 Å². The van der Waals surface area contributed by atoms with Crippen molar-refractivity contribution in [3.63, 3.8) is 0 Å². The molecule has 3 nitrogen and oxygen atoms in total. The quantitative estimate of drug-likeness (QED) is 0.633. The minimum absolute atomic E-state index is 0.759. The highest BCUT2D eigenvalue weighted by molar-refractivity contribution is 7.98. The third kappa shape index (κ3) is 3.85. The molecule has 2 rings (SSSR count). The standard InChI is InChI=1S/C14H16ClN3S/c1-10-8-16-14(17-13(10)18(2)3)19-9-11-4-6-12(15)7-5-11/h4-8H,9H2,1-3H3. The molecule has 0 radical (unpaired) electrons. The third-order valence-electron chi connectivity index (χ3n) is 2.63. The van der Waals surface area contributed by atoms with E-state index in [1.807, 2.05) is 56.4 Å². The van der Waals surface area contributed by atoms with Crippen LogP contribution in [0.2, 0.25) is 5.02 Å². The molecule has 1 heterocycles. The summed E-state index contributed by atoms with van der Waals surface area (Å²) in [5.41, 5.74) is 2.30. The number of benzene rings is 1. The highest BCUT2D eigenvalue weighted by Crippen LogP contribution is 2.23. The van der Waals surface area contributed by atoms with Crippen LogP contribution in [-0.4, -0.2) is 24.1 Å². The van der Waals surface area contributed by atoms with Gasteiger partial charge in [0.1, 0.15) is 5.82 Å². The Bertz CT molecular complexity index is 555. The molecular formula is C14H16ClN3S. The second kappa shape index (κ2) is 6.26. The Morgan fingerprint density at radius 1 is 1.21 bits per heavy atom. The molecule has 0 aliphatic carbocycles. The first-order chi connectivity index (χ1) is 9.06. The predicted octanol–water partition coefficient (Wildman–Crippen LogP) is 3.80. The van der Waals surface area contributed by atoms with Crippen LogP contribution in [0.1, 0.15) is 11.1 Å². The van der Waals surface area contributed by atoms with Gasteiger partial charge < -0.3 is 4.90 Å². The molecule has 0 unspecified atom stereocenters. The van der Waals surface area contributed by atoms with E-state index in [2.05, 4.69) is 9.97 Å². The molecule has 0 saturated heterocycles. The van der Waals surface area contributed by atoms with Gasteiger partial charge in [-0.15, -0.1) is 0 Å². The summed E-state index contributed by atoms with van der Waals surface area (Å²) in [5.74, 6) is 1.81. The number of thioether (sulfide) groups is 1. The molecular weight excluding hydrogens is 278 g/mol. The fraction of sp³-hybridized carbons (Fsp3) is 0.286. The monoisotopic (exact) mass is 293 g/mol. The van der Waals surface area contributed by atoms with E-state index in [-0.39, 0.29) is 0 Å². The minimum atomic E-state index is 0.759. The van der Waals surface area contributed by atoms with Crippen molar-refractivity contribution in [2.45, 2.75) is 17.8 Å². The van der Waals surface area contributed by atoms with Crippen molar-refractivity contribution in [2.75, 3.05) is 19.0 Å². The van der Waals surface area contributed by atoms with Crippen molar-refractivity contribution in [2.24, 2.45) is 0 Å². The maximum absolute atomic E-state index is 5.86. The van der Waals surface area contributed by atoms with Gasteiger partial charge in [0, 0.05) is 36.6 Å².